The van der Waals surface area contributed by atoms with Crippen LogP contribution >= 0.6 is 0 Å². The van der Waals surface area contributed by atoms with E-state index in [0.717, 1.165) is 18.0 Å². The Morgan fingerprint density at radius 1 is 1.03 bits per heavy atom. The monoisotopic (exact) mass is 395 g/mol. The van der Waals surface area contributed by atoms with Crippen molar-refractivity contribution in [3.63, 3.8) is 0 Å². The van der Waals surface area contributed by atoms with Gasteiger partial charge in [-0.05, 0) is 36.4 Å². The first kappa shape index (κ1) is 18.9. The standard InChI is InChI=1S/C21H19F2N5O/c22-15-3-1-14(2-4-15)18-6-5-17(24)19(27-18)8-21(29)28-11-13(12-28)7-20-25-9-16(23)10-26-20/h1-6,9-10,13H,7-8,11-12,24H2. The van der Waals surface area contributed by atoms with Crippen LogP contribution in [0.3, 0.4) is 0 Å². The highest BCUT2D eigenvalue weighted by atomic mass is 19.1. The average Bonchev–Trinajstić information content (AvgIpc) is 2.68. The summed E-state index contributed by atoms with van der Waals surface area (Å²) in [6.45, 7) is 1.19. The van der Waals surface area contributed by atoms with Crippen molar-refractivity contribution in [3.8, 4) is 11.3 Å². The number of benzene rings is 1. The lowest BCUT2D eigenvalue weighted by Gasteiger charge is -2.39. The van der Waals surface area contributed by atoms with E-state index in [1.54, 1.807) is 29.2 Å². The van der Waals surface area contributed by atoms with Crippen LogP contribution in [0.5, 0.6) is 0 Å². The van der Waals surface area contributed by atoms with Gasteiger partial charge in [0.1, 0.15) is 11.6 Å². The average molecular weight is 395 g/mol. The molecule has 0 unspecified atom stereocenters. The van der Waals surface area contributed by atoms with E-state index in [9.17, 15) is 13.6 Å². The highest BCUT2D eigenvalue weighted by Crippen LogP contribution is 2.24. The molecule has 1 aromatic carbocycles. The summed E-state index contributed by atoms with van der Waals surface area (Å²) in [5.74, 6) is -0.0245. The molecule has 0 radical (unpaired) electrons. The fraction of sp³-hybridized carbons (Fsp3) is 0.238. The molecule has 6 nitrogen and oxygen atoms in total. The Morgan fingerprint density at radius 2 is 1.72 bits per heavy atom. The van der Waals surface area contributed by atoms with Crippen LogP contribution in [0.15, 0.2) is 48.8 Å². The summed E-state index contributed by atoms with van der Waals surface area (Å²) >= 11 is 0. The molecule has 0 atom stereocenters. The van der Waals surface area contributed by atoms with Gasteiger partial charge in [-0.3, -0.25) is 9.78 Å². The number of carbonyl (C=O) groups is 1. The third kappa shape index (κ3) is 4.37. The Kier molecular flexibility index (Phi) is 5.16. The van der Waals surface area contributed by atoms with Crippen LogP contribution < -0.4 is 5.73 Å². The molecule has 3 aromatic rings. The lowest BCUT2D eigenvalue weighted by Crippen LogP contribution is -2.51. The topological polar surface area (TPSA) is 85.0 Å². The molecule has 0 saturated carbocycles. The molecule has 0 spiro atoms. The Bertz CT molecular complexity index is 1020. The lowest BCUT2D eigenvalue weighted by atomic mass is 9.95. The molecule has 148 valence electrons. The number of anilines is 1. The molecule has 2 N–H and O–H groups in total. The van der Waals surface area contributed by atoms with Gasteiger partial charge in [-0.15, -0.1) is 0 Å². The molecule has 0 aliphatic carbocycles. The summed E-state index contributed by atoms with van der Waals surface area (Å²) in [5, 5.41) is 0. The SMILES string of the molecule is Nc1ccc(-c2ccc(F)cc2)nc1CC(=O)N1CC(Cc2ncc(F)cn2)C1. The number of nitrogen functional groups attached to an aromatic ring is 1. The van der Waals surface area contributed by atoms with Crippen LogP contribution in [0.25, 0.3) is 11.3 Å². The van der Waals surface area contributed by atoms with E-state index in [1.807, 2.05) is 0 Å². The van der Waals surface area contributed by atoms with E-state index in [-0.39, 0.29) is 24.1 Å². The van der Waals surface area contributed by atoms with Gasteiger partial charge in [-0.25, -0.2) is 18.7 Å². The summed E-state index contributed by atoms with van der Waals surface area (Å²) in [7, 11) is 0. The van der Waals surface area contributed by atoms with Crippen LogP contribution in [-0.4, -0.2) is 38.8 Å². The predicted octanol–water partition coefficient (Wildman–Crippen LogP) is 2.64. The molecule has 4 rings (SSSR count). The summed E-state index contributed by atoms with van der Waals surface area (Å²) in [5.41, 5.74) is 8.34. The number of nitrogens with zero attached hydrogens (tertiary/aromatic N) is 4. The van der Waals surface area contributed by atoms with E-state index in [4.69, 9.17) is 5.73 Å². The van der Waals surface area contributed by atoms with Gasteiger partial charge in [0.25, 0.3) is 0 Å². The maximum atomic E-state index is 13.1. The van der Waals surface area contributed by atoms with Crippen LogP contribution in [0, 0.1) is 17.6 Å². The van der Waals surface area contributed by atoms with Gasteiger partial charge in [0, 0.05) is 31.0 Å². The summed E-state index contributed by atoms with van der Waals surface area (Å²) < 4.78 is 26.0. The Hall–Kier alpha value is -3.42. The number of aromatic nitrogens is 3. The number of nitrogens with two attached hydrogens (primary N) is 1. The fourth-order valence-corrected chi connectivity index (χ4v) is 3.30. The van der Waals surface area contributed by atoms with Crippen LogP contribution in [0.4, 0.5) is 14.5 Å². The number of likely N-dealkylation sites (tertiary alicyclic amines) is 1. The quantitative estimate of drug-likeness (QED) is 0.718. The molecule has 1 saturated heterocycles. The molecule has 8 heteroatoms. The lowest BCUT2D eigenvalue weighted by molar-refractivity contribution is -0.136. The van der Waals surface area contributed by atoms with Crippen molar-refractivity contribution in [1.82, 2.24) is 19.9 Å². The van der Waals surface area contributed by atoms with Gasteiger partial charge in [0.05, 0.1) is 35.9 Å². The van der Waals surface area contributed by atoms with Crippen molar-refractivity contribution in [2.24, 2.45) is 5.92 Å². The molecule has 0 bridgehead atoms. The minimum Gasteiger partial charge on any atom is -0.397 e. The highest BCUT2D eigenvalue weighted by molar-refractivity contribution is 5.81. The zero-order chi connectivity index (χ0) is 20.4. The number of pyridine rings is 1. The second kappa shape index (κ2) is 7.90. The van der Waals surface area contributed by atoms with Crippen molar-refractivity contribution >= 4 is 11.6 Å². The molecule has 3 heterocycles. The number of halogens is 2. The number of hydrogen-bond donors (Lipinski definition) is 1. The molecule has 1 amide bonds. The molecule has 2 aromatic heterocycles. The summed E-state index contributed by atoms with van der Waals surface area (Å²) in [6, 6.07) is 9.46. The van der Waals surface area contributed by atoms with Gasteiger partial charge in [0.15, 0.2) is 5.82 Å². The molecule has 1 aliphatic heterocycles. The minimum absolute atomic E-state index is 0.0586. The van der Waals surface area contributed by atoms with Crippen LogP contribution in [0.2, 0.25) is 0 Å². The van der Waals surface area contributed by atoms with E-state index in [1.165, 1.54) is 12.1 Å². The van der Waals surface area contributed by atoms with E-state index < -0.39 is 5.82 Å². The molecule has 29 heavy (non-hydrogen) atoms. The third-order valence-corrected chi connectivity index (χ3v) is 4.92. The molecular weight excluding hydrogens is 376 g/mol. The maximum Gasteiger partial charge on any atom is 0.228 e. The maximum absolute atomic E-state index is 13.1. The largest absolute Gasteiger partial charge is 0.397 e. The Balaban J connectivity index is 1.37. The number of amides is 1. The number of rotatable bonds is 5. The molecular formula is C21H19F2N5O. The normalized spacial score (nSPS) is 13.9. The van der Waals surface area contributed by atoms with Crippen molar-refractivity contribution in [2.75, 3.05) is 18.8 Å². The predicted molar refractivity (Wildman–Crippen MR) is 104 cm³/mol. The first-order chi connectivity index (χ1) is 14.0. The van der Waals surface area contributed by atoms with Gasteiger partial charge in [0.2, 0.25) is 5.91 Å². The van der Waals surface area contributed by atoms with Crippen molar-refractivity contribution in [2.45, 2.75) is 12.8 Å². The minimum atomic E-state index is -0.466. The summed E-state index contributed by atoms with van der Waals surface area (Å²) in [4.78, 5) is 26.7. The smallest absolute Gasteiger partial charge is 0.228 e. The van der Waals surface area contributed by atoms with Crippen LogP contribution in [-0.2, 0) is 17.6 Å². The van der Waals surface area contributed by atoms with E-state index in [0.29, 0.717) is 42.4 Å². The Labute approximate surface area is 166 Å². The van der Waals surface area contributed by atoms with Crippen molar-refractivity contribution in [3.05, 3.63) is 71.9 Å². The molecule has 1 fully saturated rings. The fourth-order valence-electron chi connectivity index (χ4n) is 3.30. The first-order valence-corrected chi connectivity index (χ1v) is 9.23. The van der Waals surface area contributed by atoms with Gasteiger partial charge >= 0.3 is 0 Å². The zero-order valence-corrected chi connectivity index (χ0v) is 15.6. The number of carbonyl (C=O) groups excluding carboxylic acids is 1. The third-order valence-electron chi connectivity index (χ3n) is 4.92. The van der Waals surface area contributed by atoms with Crippen molar-refractivity contribution < 1.29 is 13.6 Å². The Morgan fingerprint density at radius 3 is 2.41 bits per heavy atom. The highest BCUT2D eigenvalue weighted by Gasteiger charge is 2.31. The second-order valence-corrected chi connectivity index (χ2v) is 7.10. The van der Waals surface area contributed by atoms with E-state index in [2.05, 4.69) is 15.0 Å². The number of hydrogen-bond acceptors (Lipinski definition) is 5. The van der Waals surface area contributed by atoms with Crippen molar-refractivity contribution in [1.29, 1.82) is 0 Å². The summed E-state index contributed by atoms with van der Waals surface area (Å²) in [6.07, 6.45) is 2.99. The zero-order valence-electron chi connectivity index (χ0n) is 15.6. The molecule has 1 aliphatic rings. The van der Waals surface area contributed by atoms with Crippen LogP contribution in [0.1, 0.15) is 11.5 Å². The van der Waals surface area contributed by atoms with Gasteiger partial charge in [-0.2, -0.15) is 0 Å². The first-order valence-electron chi connectivity index (χ1n) is 9.23. The van der Waals surface area contributed by atoms with Gasteiger partial charge in [-0.1, -0.05) is 0 Å². The second-order valence-electron chi connectivity index (χ2n) is 7.10. The van der Waals surface area contributed by atoms with Gasteiger partial charge < -0.3 is 10.6 Å². The van der Waals surface area contributed by atoms with E-state index >= 15 is 0 Å².